The molecule has 2 N–H and O–H groups in total. The SMILES string of the molecule is Cc1nc(-c2ccc(N3CCCC(CNC(=O)C(C)(C)C)C3)nc2)[nH]c(=O)c1C. The van der Waals surface area contributed by atoms with Gasteiger partial charge in [-0.25, -0.2) is 9.97 Å². The van der Waals surface area contributed by atoms with E-state index in [2.05, 4.69) is 25.2 Å². The third-order valence-corrected chi connectivity index (χ3v) is 5.49. The Morgan fingerprint density at radius 2 is 2.07 bits per heavy atom. The van der Waals surface area contributed by atoms with Gasteiger partial charge in [-0.1, -0.05) is 20.8 Å². The van der Waals surface area contributed by atoms with Crippen molar-refractivity contribution in [2.45, 2.75) is 47.5 Å². The first-order chi connectivity index (χ1) is 13.6. The molecule has 0 aromatic carbocycles. The van der Waals surface area contributed by atoms with Crippen LogP contribution in [0.2, 0.25) is 0 Å². The molecule has 1 unspecified atom stereocenters. The van der Waals surface area contributed by atoms with Crippen molar-refractivity contribution in [2.24, 2.45) is 11.3 Å². The lowest BCUT2D eigenvalue weighted by Crippen LogP contribution is -2.43. The molecule has 0 aliphatic carbocycles. The summed E-state index contributed by atoms with van der Waals surface area (Å²) < 4.78 is 0. The molecule has 1 saturated heterocycles. The average Bonchev–Trinajstić information content (AvgIpc) is 2.69. The van der Waals surface area contributed by atoms with Gasteiger partial charge in [0.15, 0.2) is 0 Å². The number of carbonyl (C=O) groups excluding carboxylic acids is 1. The summed E-state index contributed by atoms with van der Waals surface area (Å²) in [6.45, 7) is 11.9. The van der Waals surface area contributed by atoms with Gasteiger partial charge in [-0.3, -0.25) is 9.59 Å². The summed E-state index contributed by atoms with van der Waals surface area (Å²) in [7, 11) is 0. The summed E-state index contributed by atoms with van der Waals surface area (Å²) >= 11 is 0. The van der Waals surface area contributed by atoms with Gasteiger partial charge in [0.1, 0.15) is 11.6 Å². The van der Waals surface area contributed by atoms with Crippen LogP contribution in [0.25, 0.3) is 11.4 Å². The molecule has 0 spiro atoms. The zero-order valence-corrected chi connectivity index (χ0v) is 18.0. The fourth-order valence-corrected chi connectivity index (χ4v) is 3.44. The van der Waals surface area contributed by atoms with Crippen molar-refractivity contribution in [1.29, 1.82) is 0 Å². The molecule has 0 radical (unpaired) electrons. The van der Waals surface area contributed by atoms with E-state index in [-0.39, 0.29) is 16.9 Å². The Labute approximate surface area is 172 Å². The molecule has 0 bridgehead atoms. The number of aryl methyl sites for hydroxylation is 1. The van der Waals surface area contributed by atoms with Crippen molar-refractivity contribution in [3.8, 4) is 11.4 Å². The molecular weight excluding hydrogens is 366 g/mol. The van der Waals surface area contributed by atoms with E-state index in [4.69, 9.17) is 0 Å². The van der Waals surface area contributed by atoms with Gasteiger partial charge in [0, 0.05) is 48.1 Å². The van der Waals surface area contributed by atoms with Crippen molar-refractivity contribution >= 4 is 11.7 Å². The summed E-state index contributed by atoms with van der Waals surface area (Å²) in [5, 5.41) is 3.08. The first-order valence-corrected chi connectivity index (χ1v) is 10.2. The Balaban J connectivity index is 1.66. The van der Waals surface area contributed by atoms with Crippen molar-refractivity contribution in [3.63, 3.8) is 0 Å². The quantitative estimate of drug-likeness (QED) is 0.828. The van der Waals surface area contributed by atoms with Crippen LogP contribution < -0.4 is 15.8 Å². The lowest BCUT2D eigenvalue weighted by Gasteiger charge is -2.34. The van der Waals surface area contributed by atoms with E-state index >= 15 is 0 Å². The van der Waals surface area contributed by atoms with Crippen molar-refractivity contribution in [3.05, 3.63) is 39.9 Å². The zero-order chi connectivity index (χ0) is 21.2. The molecule has 1 aliphatic heterocycles. The predicted octanol–water partition coefficient (Wildman–Crippen LogP) is 2.83. The van der Waals surface area contributed by atoms with Crippen molar-refractivity contribution in [2.75, 3.05) is 24.5 Å². The third-order valence-electron chi connectivity index (χ3n) is 5.49. The summed E-state index contributed by atoms with van der Waals surface area (Å²) in [4.78, 5) is 38.3. The van der Waals surface area contributed by atoms with Crippen LogP contribution in [0.15, 0.2) is 23.1 Å². The van der Waals surface area contributed by atoms with Crippen LogP contribution in [-0.2, 0) is 4.79 Å². The molecule has 1 amide bonds. The number of aromatic amines is 1. The van der Waals surface area contributed by atoms with Gasteiger partial charge in [-0.15, -0.1) is 0 Å². The molecule has 7 nitrogen and oxygen atoms in total. The summed E-state index contributed by atoms with van der Waals surface area (Å²) in [6, 6.07) is 3.92. The Morgan fingerprint density at radius 3 is 2.69 bits per heavy atom. The highest BCUT2D eigenvalue weighted by Gasteiger charge is 2.25. The van der Waals surface area contributed by atoms with E-state index in [0.29, 0.717) is 23.9 Å². The fourth-order valence-electron chi connectivity index (χ4n) is 3.44. The number of anilines is 1. The molecule has 1 aliphatic rings. The maximum atomic E-state index is 12.1. The van der Waals surface area contributed by atoms with E-state index < -0.39 is 0 Å². The topological polar surface area (TPSA) is 91.0 Å². The number of H-pyrrole nitrogens is 1. The zero-order valence-electron chi connectivity index (χ0n) is 18.0. The Bertz CT molecular complexity index is 928. The van der Waals surface area contributed by atoms with Crippen LogP contribution in [0.3, 0.4) is 0 Å². The number of piperidine rings is 1. The fraction of sp³-hybridized carbons (Fsp3) is 0.545. The lowest BCUT2D eigenvalue weighted by molar-refractivity contribution is -0.128. The highest BCUT2D eigenvalue weighted by atomic mass is 16.2. The van der Waals surface area contributed by atoms with E-state index in [0.717, 1.165) is 43.0 Å². The van der Waals surface area contributed by atoms with E-state index in [9.17, 15) is 9.59 Å². The van der Waals surface area contributed by atoms with Crippen LogP contribution >= 0.6 is 0 Å². The predicted molar refractivity (Wildman–Crippen MR) is 115 cm³/mol. The number of nitrogens with zero attached hydrogens (tertiary/aromatic N) is 3. The number of pyridine rings is 1. The highest BCUT2D eigenvalue weighted by molar-refractivity contribution is 5.81. The molecule has 3 rings (SSSR count). The number of carbonyl (C=O) groups is 1. The number of nitrogens with one attached hydrogen (secondary N) is 2. The first kappa shape index (κ1) is 21.0. The molecule has 3 heterocycles. The minimum Gasteiger partial charge on any atom is -0.356 e. The van der Waals surface area contributed by atoms with Crippen LogP contribution in [0.4, 0.5) is 5.82 Å². The second kappa shape index (κ2) is 8.35. The summed E-state index contributed by atoms with van der Waals surface area (Å²) in [5.74, 6) is 1.95. The number of hydrogen-bond donors (Lipinski definition) is 2. The number of aromatic nitrogens is 3. The lowest BCUT2D eigenvalue weighted by atomic mass is 9.94. The minimum atomic E-state index is -0.366. The Morgan fingerprint density at radius 1 is 1.31 bits per heavy atom. The maximum Gasteiger partial charge on any atom is 0.254 e. The molecule has 156 valence electrons. The average molecular weight is 398 g/mol. The first-order valence-electron chi connectivity index (χ1n) is 10.2. The number of hydrogen-bond acceptors (Lipinski definition) is 5. The molecule has 2 aromatic rings. The molecular formula is C22H31N5O2. The second-order valence-electron chi connectivity index (χ2n) is 8.94. The van der Waals surface area contributed by atoms with Gasteiger partial charge >= 0.3 is 0 Å². The number of rotatable bonds is 4. The van der Waals surface area contributed by atoms with E-state index in [1.54, 1.807) is 13.1 Å². The smallest absolute Gasteiger partial charge is 0.254 e. The van der Waals surface area contributed by atoms with Crippen LogP contribution in [-0.4, -0.2) is 40.5 Å². The molecule has 7 heteroatoms. The normalized spacial score (nSPS) is 17.3. The summed E-state index contributed by atoms with van der Waals surface area (Å²) in [6.07, 6.45) is 3.94. The monoisotopic (exact) mass is 397 g/mol. The van der Waals surface area contributed by atoms with Gasteiger partial charge in [0.2, 0.25) is 5.91 Å². The second-order valence-corrected chi connectivity index (χ2v) is 8.94. The van der Waals surface area contributed by atoms with Crippen molar-refractivity contribution in [1.82, 2.24) is 20.3 Å². The summed E-state index contributed by atoms with van der Waals surface area (Å²) in [5.41, 5.74) is 1.67. The molecule has 0 saturated carbocycles. The van der Waals surface area contributed by atoms with E-state index in [1.807, 2.05) is 39.8 Å². The van der Waals surface area contributed by atoms with Gasteiger partial charge in [0.05, 0.1) is 0 Å². The van der Waals surface area contributed by atoms with Gasteiger partial charge in [-0.05, 0) is 44.7 Å². The van der Waals surface area contributed by atoms with Crippen LogP contribution in [0.1, 0.15) is 44.9 Å². The third kappa shape index (κ3) is 5.02. The standard InChI is InChI=1S/C22H31N5O2/c1-14-15(2)25-19(26-20(14)28)17-8-9-18(23-12-17)27-10-6-7-16(13-27)11-24-21(29)22(3,4)5/h8-9,12,16H,6-7,10-11,13H2,1-5H3,(H,24,29)(H,25,26,28). The minimum absolute atomic E-state index is 0.0898. The van der Waals surface area contributed by atoms with Gasteiger partial charge in [-0.2, -0.15) is 0 Å². The molecule has 1 fully saturated rings. The van der Waals surface area contributed by atoms with E-state index in [1.165, 1.54) is 0 Å². The molecule has 29 heavy (non-hydrogen) atoms. The largest absolute Gasteiger partial charge is 0.356 e. The van der Waals surface area contributed by atoms with Crippen LogP contribution in [0, 0.1) is 25.2 Å². The Kier molecular flexibility index (Phi) is 6.05. The molecule has 2 aromatic heterocycles. The van der Waals surface area contributed by atoms with Gasteiger partial charge < -0.3 is 15.2 Å². The van der Waals surface area contributed by atoms with Crippen LogP contribution in [0.5, 0.6) is 0 Å². The number of amides is 1. The van der Waals surface area contributed by atoms with Gasteiger partial charge in [0.25, 0.3) is 5.56 Å². The maximum absolute atomic E-state index is 12.1. The van der Waals surface area contributed by atoms with Crippen molar-refractivity contribution < 1.29 is 4.79 Å². The Hall–Kier alpha value is -2.70. The molecule has 1 atom stereocenters. The highest BCUT2D eigenvalue weighted by Crippen LogP contribution is 2.23.